The third kappa shape index (κ3) is 4.63. The second-order valence-corrected chi connectivity index (χ2v) is 6.38. The smallest absolute Gasteiger partial charge is 0.329 e. The summed E-state index contributed by atoms with van der Waals surface area (Å²) in [5, 5.41) is -0.521. The maximum atomic E-state index is 12.6. The first-order chi connectivity index (χ1) is 12.9. The highest BCUT2D eigenvalue weighted by molar-refractivity contribution is 8.18. The fourth-order valence-corrected chi connectivity index (χ4v) is 3.25. The van der Waals surface area contributed by atoms with Gasteiger partial charge in [0.2, 0.25) is 0 Å². The lowest BCUT2D eigenvalue weighted by atomic mass is 10.1. The number of hydrogen-bond acceptors (Lipinski definition) is 7. The van der Waals surface area contributed by atoms with Crippen LogP contribution in [0.5, 0.6) is 11.5 Å². The molecule has 27 heavy (non-hydrogen) atoms. The average Bonchev–Trinajstić information content (AvgIpc) is 2.93. The van der Waals surface area contributed by atoms with Crippen LogP contribution in [0.3, 0.4) is 0 Å². The van der Waals surface area contributed by atoms with Gasteiger partial charge in [0.15, 0.2) is 11.5 Å². The molecule has 0 bridgehead atoms. The maximum Gasteiger partial charge on any atom is 0.329 e. The van der Waals surface area contributed by atoms with E-state index in [0.717, 1.165) is 16.7 Å². The Bertz CT molecular complexity index is 826. The number of benzene rings is 1. The van der Waals surface area contributed by atoms with E-state index in [9.17, 15) is 14.4 Å². The molecule has 2 amide bonds. The lowest BCUT2D eigenvalue weighted by Crippen LogP contribution is -2.42. The maximum absolute atomic E-state index is 12.6. The van der Waals surface area contributed by atoms with Crippen LogP contribution in [0, 0.1) is 12.3 Å². The van der Waals surface area contributed by atoms with Crippen molar-refractivity contribution in [1.29, 1.82) is 0 Å². The molecule has 2 rings (SSSR count). The number of carbonyl (C=O) groups is 3. The molecular formula is C19H19NO6S. The molecule has 1 aromatic rings. The molecule has 1 aromatic carbocycles. The summed E-state index contributed by atoms with van der Waals surface area (Å²) in [5.74, 6) is 2.11. The number of ether oxygens (including phenoxy) is 3. The molecule has 1 aliphatic heterocycles. The molecular weight excluding hydrogens is 370 g/mol. The van der Waals surface area contributed by atoms with E-state index in [-0.39, 0.29) is 18.1 Å². The summed E-state index contributed by atoms with van der Waals surface area (Å²) in [7, 11) is 1.48. The van der Waals surface area contributed by atoms with Gasteiger partial charge in [-0.2, -0.15) is 0 Å². The predicted octanol–water partition coefficient (Wildman–Crippen LogP) is 2.70. The number of amides is 2. The van der Waals surface area contributed by atoms with Crippen molar-refractivity contribution >= 4 is 35.0 Å². The van der Waals surface area contributed by atoms with Crippen LogP contribution in [-0.2, 0) is 14.3 Å². The minimum Gasteiger partial charge on any atom is -0.493 e. The Hall–Kier alpha value is -2.92. The molecule has 0 aliphatic carbocycles. The van der Waals surface area contributed by atoms with Crippen molar-refractivity contribution < 1.29 is 28.6 Å². The third-order valence-electron chi connectivity index (χ3n) is 3.64. The number of terminal acetylenes is 1. The molecule has 1 fully saturated rings. The van der Waals surface area contributed by atoms with E-state index in [1.807, 2.05) is 0 Å². The number of methoxy groups -OCH3 is 1. The van der Waals surface area contributed by atoms with Crippen LogP contribution >= 0.6 is 11.8 Å². The van der Waals surface area contributed by atoms with Crippen LogP contribution in [0.25, 0.3) is 6.08 Å². The van der Waals surface area contributed by atoms with E-state index in [1.54, 1.807) is 31.2 Å². The number of esters is 1. The first kappa shape index (κ1) is 20.4. The van der Waals surface area contributed by atoms with Crippen LogP contribution in [0.2, 0.25) is 0 Å². The molecule has 1 unspecified atom stereocenters. The zero-order valence-electron chi connectivity index (χ0n) is 15.2. The van der Waals surface area contributed by atoms with Gasteiger partial charge in [-0.15, -0.1) is 6.42 Å². The molecule has 142 valence electrons. The quantitative estimate of drug-likeness (QED) is 0.403. The molecule has 0 N–H and O–H groups in total. The molecule has 1 saturated heterocycles. The van der Waals surface area contributed by atoms with Gasteiger partial charge in [-0.25, -0.2) is 4.79 Å². The fraction of sp³-hybridized carbons (Fsp3) is 0.316. The van der Waals surface area contributed by atoms with Crippen molar-refractivity contribution in [3.63, 3.8) is 0 Å². The summed E-state index contributed by atoms with van der Waals surface area (Å²) in [6.45, 7) is 3.38. The number of hydrogen-bond donors (Lipinski definition) is 0. The lowest BCUT2D eigenvalue weighted by molar-refractivity contribution is -0.150. The SMILES string of the molecule is C#CCOc1ccc(/C=C2\SC(=O)N(C(C)C(=O)OCC)C2=O)cc1OC. The zero-order chi connectivity index (χ0) is 20.0. The Morgan fingerprint density at radius 2 is 2.11 bits per heavy atom. The van der Waals surface area contributed by atoms with E-state index in [0.29, 0.717) is 17.1 Å². The minimum atomic E-state index is -0.988. The lowest BCUT2D eigenvalue weighted by Gasteiger charge is -2.19. The van der Waals surface area contributed by atoms with Gasteiger partial charge in [0.05, 0.1) is 18.6 Å². The van der Waals surface area contributed by atoms with Crippen molar-refractivity contribution in [2.75, 3.05) is 20.3 Å². The second-order valence-electron chi connectivity index (χ2n) is 5.38. The van der Waals surface area contributed by atoms with Crippen molar-refractivity contribution in [2.24, 2.45) is 0 Å². The van der Waals surface area contributed by atoms with E-state index >= 15 is 0 Å². The fourth-order valence-electron chi connectivity index (χ4n) is 2.35. The Morgan fingerprint density at radius 3 is 2.74 bits per heavy atom. The summed E-state index contributed by atoms with van der Waals surface area (Å²) in [5.41, 5.74) is 0.634. The van der Waals surface area contributed by atoms with Gasteiger partial charge in [-0.3, -0.25) is 14.5 Å². The predicted molar refractivity (Wildman–Crippen MR) is 101 cm³/mol. The molecule has 0 aromatic heterocycles. The highest BCUT2D eigenvalue weighted by atomic mass is 32.2. The van der Waals surface area contributed by atoms with Crippen LogP contribution in [-0.4, -0.2) is 48.4 Å². The highest BCUT2D eigenvalue weighted by Gasteiger charge is 2.41. The zero-order valence-corrected chi connectivity index (χ0v) is 16.0. The van der Waals surface area contributed by atoms with Crippen molar-refractivity contribution in [2.45, 2.75) is 19.9 Å². The summed E-state index contributed by atoms with van der Waals surface area (Å²) in [6.07, 6.45) is 6.73. The van der Waals surface area contributed by atoms with Crippen molar-refractivity contribution in [3.05, 3.63) is 28.7 Å². The van der Waals surface area contributed by atoms with Gasteiger partial charge in [-0.05, 0) is 49.4 Å². The Morgan fingerprint density at radius 1 is 1.37 bits per heavy atom. The largest absolute Gasteiger partial charge is 0.493 e. The third-order valence-corrected chi connectivity index (χ3v) is 4.52. The summed E-state index contributed by atoms with van der Waals surface area (Å²) in [4.78, 5) is 37.7. The number of nitrogens with zero attached hydrogens (tertiary/aromatic N) is 1. The number of thioether (sulfide) groups is 1. The first-order valence-electron chi connectivity index (χ1n) is 8.10. The minimum absolute atomic E-state index is 0.0976. The Balaban J connectivity index is 2.25. The van der Waals surface area contributed by atoms with Crippen molar-refractivity contribution in [1.82, 2.24) is 4.90 Å². The molecule has 1 atom stereocenters. The normalized spacial score (nSPS) is 16.2. The molecule has 0 spiro atoms. The molecule has 1 aliphatic rings. The monoisotopic (exact) mass is 389 g/mol. The molecule has 1 heterocycles. The van der Waals surface area contributed by atoms with Gasteiger partial charge < -0.3 is 14.2 Å². The Labute approximate surface area is 161 Å². The molecule has 0 radical (unpaired) electrons. The molecule has 7 nitrogen and oxygen atoms in total. The van der Waals surface area contributed by atoms with E-state index < -0.39 is 23.2 Å². The van der Waals surface area contributed by atoms with E-state index in [1.165, 1.54) is 14.0 Å². The van der Waals surface area contributed by atoms with Crippen LogP contribution in [0.15, 0.2) is 23.1 Å². The molecule has 0 saturated carbocycles. The molecule has 8 heteroatoms. The van der Waals surface area contributed by atoms with Crippen LogP contribution < -0.4 is 9.47 Å². The Kier molecular flexibility index (Phi) is 6.91. The first-order valence-corrected chi connectivity index (χ1v) is 8.92. The van der Waals surface area contributed by atoms with Gasteiger partial charge in [0, 0.05) is 0 Å². The number of rotatable bonds is 7. The summed E-state index contributed by atoms with van der Waals surface area (Å²) < 4.78 is 15.5. The van der Waals surface area contributed by atoms with Crippen LogP contribution in [0.4, 0.5) is 4.79 Å². The van der Waals surface area contributed by atoms with Crippen LogP contribution in [0.1, 0.15) is 19.4 Å². The number of carbonyl (C=O) groups excluding carboxylic acids is 3. The standard InChI is InChI=1S/C19H19NO6S/c1-5-9-26-14-8-7-13(10-15(14)24-4)11-16-17(21)20(19(23)27-16)12(3)18(22)25-6-2/h1,7-8,10-12H,6,9H2,2-4H3/b16-11-. The van der Waals surface area contributed by atoms with Gasteiger partial charge in [0.1, 0.15) is 12.6 Å². The van der Waals surface area contributed by atoms with Gasteiger partial charge in [-0.1, -0.05) is 12.0 Å². The van der Waals surface area contributed by atoms with E-state index in [4.69, 9.17) is 20.6 Å². The van der Waals surface area contributed by atoms with Crippen molar-refractivity contribution in [3.8, 4) is 23.8 Å². The van der Waals surface area contributed by atoms with Gasteiger partial charge in [0.25, 0.3) is 11.1 Å². The summed E-state index contributed by atoms with van der Waals surface area (Å²) in [6, 6.07) is 4.04. The number of imide groups is 1. The topological polar surface area (TPSA) is 82.1 Å². The van der Waals surface area contributed by atoms with E-state index in [2.05, 4.69) is 5.92 Å². The average molecular weight is 389 g/mol. The second kappa shape index (κ2) is 9.14. The summed E-state index contributed by atoms with van der Waals surface area (Å²) >= 11 is 0.764. The highest BCUT2D eigenvalue weighted by Crippen LogP contribution is 2.35. The van der Waals surface area contributed by atoms with Gasteiger partial charge >= 0.3 is 5.97 Å².